The largest absolute Gasteiger partial charge is 0.396 e. The third-order valence-corrected chi connectivity index (χ3v) is 5.66. The summed E-state index contributed by atoms with van der Waals surface area (Å²) < 4.78 is 0. The molecule has 0 aromatic heterocycles. The minimum absolute atomic E-state index is 0.333. The topological polar surface area (TPSA) is 35.5 Å². The lowest BCUT2D eigenvalue weighted by atomic mass is 9.91. The maximum atomic E-state index is 9.23. The SMILES string of the molecule is CC(C)CC(CCO)CNC1CCN(C2CCCCC2)CC1. The maximum Gasteiger partial charge on any atom is 0.0434 e. The monoisotopic (exact) mass is 310 g/mol. The summed E-state index contributed by atoms with van der Waals surface area (Å²) in [5, 5.41) is 13.0. The number of piperidine rings is 1. The van der Waals surface area contributed by atoms with Crippen LogP contribution in [-0.2, 0) is 0 Å². The first-order valence-electron chi connectivity index (χ1n) is 9.77. The molecule has 0 aromatic rings. The minimum Gasteiger partial charge on any atom is -0.396 e. The number of hydrogen-bond donors (Lipinski definition) is 2. The predicted octanol–water partition coefficient (Wildman–Crippen LogP) is 3.42. The van der Waals surface area contributed by atoms with E-state index in [0.29, 0.717) is 18.6 Å². The minimum atomic E-state index is 0.333. The van der Waals surface area contributed by atoms with Gasteiger partial charge in [0.2, 0.25) is 0 Å². The van der Waals surface area contributed by atoms with Crippen molar-refractivity contribution in [1.82, 2.24) is 10.2 Å². The molecule has 0 bridgehead atoms. The number of nitrogens with one attached hydrogen (secondary N) is 1. The second-order valence-corrected chi connectivity index (χ2v) is 8.02. The molecule has 22 heavy (non-hydrogen) atoms. The van der Waals surface area contributed by atoms with E-state index >= 15 is 0 Å². The van der Waals surface area contributed by atoms with Crippen molar-refractivity contribution in [3.8, 4) is 0 Å². The highest BCUT2D eigenvalue weighted by Crippen LogP contribution is 2.25. The predicted molar refractivity (Wildman–Crippen MR) is 94.1 cm³/mol. The van der Waals surface area contributed by atoms with Gasteiger partial charge in [-0.05, 0) is 70.0 Å². The average molecular weight is 311 g/mol. The van der Waals surface area contributed by atoms with Crippen LogP contribution in [0.3, 0.4) is 0 Å². The van der Waals surface area contributed by atoms with Gasteiger partial charge in [0.15, 0.2) is 0 Å². The molecule has 2 rings (SSSR count). The Bertz CT molecular complexity index is 281. The van der Waals surface area contributed by atoms with Crippen molar-refractivity contribution in [3.05, 3.63) is 0 Å². The summed E-state index contributed by atoms with van der Waals surface area (Å²) in [6.07, 6.45) is 12.0. The number of aliphatic hydroxyl groups excluding tert-OH is 1. The molecule has 0 amide bonds. The van der Waals surface area contributed by atoms with E-state index < -0.39 is 0 Å². The van der Waals surface area contributed by atoms with Crippen LogP contribution >= 0.6 is 0 Å². The van der Waals surface area contributed by atoms with Crippen LogP contribution in [0.15, 0.2) is 0 Å². The Morgan fingerprint density at radius 3 is 2.32 bits per heavy atom. The summed E-state index contributed by atoms with van der Waals surface area (Å²) in [7, 11) is 0. The van der Waals surface area contributed by atoms with E-state index in [1.807, 2.05) is 0 Å². The Morgan fingerprint density at radius 1 is 1.05 bits per heavy atom. The normalized spacial score (nSPS) is 24.0. The van der Waals surface area contributed by atoms with Crippen molar-refractivity contribution >= 4 is 0 Å². The summed E-state index contributed by atoms with van der Waals surface area (Å²) >= 11 is 0. The molecular formula is C19H38N2O. The average Bonchev–Trinajstić information content (AvgIpc) is 2.54. The van der Waals surface area contributed by atoms with E-state index in [1.54, 1.807) is 0 Å². The van der Waals surface area contributed by atoms with Crippen LogP contribution in [-0.4, -0.2) is 48.3 Å². The van der Waals surface area contributed by atoms with Crippen LogP contribution in [0.25, 0.3) is 0 Å². The number of rotatable bonds is 8. The van der Waals surface area contributed by atoms with E-state index in [-0.39, 0.29) is 0 Å². The van der Waals surface area contributed by atoms with Crippen LogP contribution in [0.4, 0.5) is 0 Å². The standard InChI is InChI=1S/C19H38N2O/c1-16(2)14-17(10-13-22)15-20-18-8-11-21(12-9-18)19-6-4-3-5-7-19/h16-20,22H,3-15H2,1-2H3. The molecule has 0 spiro atoms. The van der Waals surface area contributed by atoms with Gasteiger partial charge in [0.05, 0.1) is 0 Å². The van der Waals surface area contributed by atoms with Crippen LogP contribution in [0.5, 0.6) is 0 Å². The highest BCUT2D eigenvalue weighted by Gasteiger charge is 2.26. The molecule has 130 valence electrons. The number of hydrogen-bond acceptors (Lipinski definition) is 3. The van der Waals surface area contributed by atoms with Gasteiger partial charge in [0.25, 0.3) is 0 Å². The second kappa shape index (κ2) is 9.89. The number of likely N-dealkylation sites (tertiary alicyclic amines) is 1. The van der Waals surface area contributed by atoms with Crippen molar-refractivity contribution in [2.24, 2.45) is 11.8 Å². The Balaban J connectivity index is 1.65. The smallest absolute Gasteiger partial charge is 0.0434 e. The van der Waals surface area contributed by atoms with Gasteiger partial charge in [-0.15, -0.1) is 0 Å². The summed E-state index contributed by atoms with van der Waals surface area (Å²) in [6, 6.07) is 1.59. The molecule has 1 unspecified atom stereocenters. The molecule has 1 heterocycles. The van der Waals surface area contributed by atoms with Crippen LogP contribution < -0.4 is 5.32 Å². The van der Waals surface area contributed by atoms with Crippen LogP contribution in [0, 0.1) is 11.8 Å². The molecule has 1 aliphatic heterocycles. The summed E-state index contributed by atoms with van der Waals surface area (Å²) in [6.45, 7) is 8.57. The van der Waals surface area contributed by atoms with Gasteiger partial charge in [-0.2, -0.15) is 0 Å². The van der Waals surface area contributed by atoms with Gasteiger partial charge in [0.1, 0.15) is 0 Å². The van der Waals surface area contributed by atoms with Crippen molar-refractivity contribution in [1.29, 1.82) is 0 Å². The van der Waals surface area contributed by atoms with Crippen molar-refractivity contribution in [2.45, 2.75) is 83.7 Å². The quantitative estimate of drug-likeness (QED) is 0.721. The van der Waals surface area contributed by atoms with Crippen molar-refractivity contribution in [3.63, 3.8) is 0 Å². The fourth-order valence-electron chi connectivity index (χ4n) is 4.40. The maximum absolute atomic E-state index is 9.23. The van der Waals surface area contributed by atoms with E-state index in [9.17, 15) is 5.11 Å². The zero-order chi connectivity index (χ0) is 15.8. The molecule has 3 nitrogen and oxygen atoms in total. The zero-order valence-electron chi connectivity index (χ0n) is 14.9. The molecule has 2 fully saturated rings. The van der Waals surface area contributed by atoms with Gasteiger partial charge in [0, 0.05) is 18.7 Å². The molecule has 0 radical (unpaired) electrons. The number of aliphatic hydroxyl groups is 1. The fourth-order valence-corrected chi connectivity index (χ4v) is 4.40. The molecule has 1 aliphatic carbocycles. The second-order valence-electron chi connectivity index (χ2n) is 8.02. The Morgan fingerprint density at radius 2 is 1.73 bits per heavy atom. The summed E-state index contributed by atoms with van der Waals surface area (Å²) in [4.78, 5) is 2.76. The Labute approximate surface area is 137 Å². The van der Waals surface area contributed by atoms with Crippen molar-refractivity contribution < 1.29 is 5.11 Å². The lowest BCUT2D eigenvalue weighted by molar-refractivity contribution is 0.113. The lowest BCUT2D eigenvalue weighted by Crippen LogP contribution is -2.48. The summed E-state index contributed by atoms with van der Waals surface area (Å²) in [5.41, 5.74) is 0. The lowest BCUT2D eigenvalue weighted by Gasteiger charge is -2.39. The van der Waals surface area contributed by atoms with Crippen LogP contribution in [0.1, 0.15) is 71.6 Å². The first-order valence-corrected chi connectivity index (χ1v) is 9.77. The third kappa shape index (κ3) is 6.17. The molecule has 2 aliphatic rings. The van der Waals surface area contributed by atoms with E-state index in [4.69, 9.17) is 0 Å². The molecule has 1 saturated heterocycles. The molecule has 2 N–H and O–H groups in total. The van der Waals surface area contributed by atoms with E-state index in [2.05, 4.69) is 24.1 Å². The summed E-state index contributed by atoms with van der Waals surface area (Å²) in [5.74, 6) is 1.37. The molecule has 1 saturated carbocycles. The first-order chi connectivity index (χ1) is 10.7. The molecule has 1 atom stereocenters. The van der Waals surface area contributed by atoms with E-state index in [1.165, 1.54) is 64.5 Å². The van der Waals surface area contributed by atoms with Gasteiger partial charge in [-0.25, -0.2) is 0 Å². The highest BCUT2D eigenvalue weighted by molar-refractivity contribution is 4.83. The molecule has 0 aromatic carbocycles. The number of nitrogens with zero attached hydrogens (tertiary/aromatic N) is 1. The third-order valence-electron chi connectivity index (χ3n) is 5.66. The van der Waals surface area contributed by atoms with E-state index in [0.717, 1.165) is 24.9 Å². The Hall–Kier alpha value is -0.120. The Kier molecular flexibility index (Phi) is 8.19. The molecular weight excluding hydrogens is 272 g/mol. The van der Waals surface area contributed by atoms with Gasteiger partial charge in [-0.3, -0.25) is 0 Å². The van der Waals surface area contributed by atoms with Crippen LogP contribution in [0.2, 0.25) is 0 Å². The molecule has 3 heteroatoms. The van der Waals surface area contributed by atoms with Gasteiger partial charge in [-0.1, -0.05) is 33.1 Å². The first kappa shape index (κ1) is 18.2. The van der Waals surface area contributed by atoms with Gasteiger partial charge < -0.3 is 15.3 Å². The fraction of sp³-hybridized carbons (Fsp3) is 1.00. The zero-order valence-corrected chi connectivity index (χ0v) is 14.9. The van der Waals surface area contributed by atoms with Gasteiger partial charge >= 0.3 is 0 Å². The highest BCUT2D eigenvalue weighted by atomic mass is 16.3. The van der Waals surface area contributed by atoms with Crippen molar-refractivity contribution in [2.75, 3.05) is 26.2 Å².